The van der Waals surface area contributed by atoms with Gasteiger partial charge in [0.25, 0.3) is 11.8 Å². The minimum Gasteiger partial charge on any atom is -0.376 e. The Hall–Kier alpha value is -3.40. The number of amides is 2. The summed E-state index contributed by atoms with van der Waals surface area (Å²) < 4.78 is 64.1. The molecule has 3 aromatic carbocycles. The van der Waals surface area contributed by atoms with Crippen LogP contribution in [0, 0.1) is 0 Å². The molecule has 10 heteroatoms. The van der Waals surface area contributed by atoms with Crippen LogP contribution in [0.3, 0.4) is 0 Å². The Morgan fingerprint density at radius 2 is 1.45 bits per heavy atom. The van der Waals surface area contributed by atoms with Crippen molar-refractivity contribution in [3.63, 3.8) is 0 Å². The van der Waals surface area contributed by atoms with Crippen LogP contribution in [0.15, 0.2) is 60.7 Å². The van der Waals surface area contributed by atoms with Crippen LogP contribution in [0.25, 0.3) is 10.8 Å². The van der Waals surface area contributed by atoms with Gasteiger partial charge in [0.15, 0.2) is 0 Å². The van der Waals surface area contributed by atoms with Crippen LogP contribution >= 0.6 is 0 Å². The molecule has 0 spiro atoms. The van der Waals surface area contributed by atoms with E-state index < -0.39 is 33.2 Å². The molecule has 0 aromatic heterocycles. The summed E-state index contributed by atoms with van der Waals surface area (Å²) in [6.45, 7) is 0. The van der Waals surface area contributed by atoms with Gasteiger partial charge in [-0.15, -0.1) is 0 Å². The SMILES string of the molecule is O=C1c2ccccc2C(=O)N1c1cccc2cc(OS(=O)(=O)C(F)(F)F)ccc12. The molecule has 0 aliphatic carbocycles. The Kier molecular flexibility index (Phi) is 4.12. The van der Waals surface area contributed by atoms with Crippen molar-refractivity contribution in [3.05, 3.63) is 71.8 Å². The zero-order chi connectivity index (χ0) is 21.0. The zero-order valence-electron chi connectivity index (χ0n) is 14.3. The summed E-state index contributed by atoms with van der Waals surface area (Å²) in [6.07, 6.45) is 0. The van der Waals surface area contributed by atoms with E-state index in [0.29, 0.717) is 5.39 Å². The highest BCUT2D eigenvalue weighted by Gasteiger charge is 2.48. The highest BCUT2D eigenvalue weighted by molar-refractivity contribution is 7.88. The quantitative estimate of drug-likeness (QED) is 0.364. The lowest BCUT2D eigenvalue weighted by atomic mass is 10.1. The van der Waals surface area contributed by atoms with E-state index in [1.54, 1.807) is 12.1 Å². The van der Waals surface area contributed by atoms with Gasteiger partial charge in [-0.05, 0) is 41.8 Å². The number of benzene rings is 3. The van der Waals surface area contributed by atoms with Gasteiger partial charge in [-0.25, -0.2) is 4.90 Å². The van der Waals surface area contributed by atoms with Crippen molar-refractivity contribution in [2.24, 2.45) is 0 Å². The van der Waals surface area contributed by atoms with Crippen molar-refractivity contribution >= 4 is 38.4 Å². The first-order chi connectivity index (χ1) is 13.6. The second-order valence-electron chi connectivity index (χ2n) is 6.13. The molecule has 4 rings (SSSR count). The molecule has 1 aliphatic rings. The van der Waals surface area contributed by atoms with E-state index >= 15 is 0 Å². The highest BCUT2D eigenvalue weighted by atomic mass is 32.2. The fourth-order valence-electron chi connectivity index (χ4n) is 3.07. The molecule has 0 saturated heterocycles. The van der Waals surface area contributed by atoms with Crippen molar-refractivity contribution in [2.75, 3.05) is 4.90 Å². The Bertz CT molecular complexity index is 1250. The fourth-order valence-corrected chi connectivity index (χ4v) is 3.52. The number of anilines is 1. The topological polar surface area (TPSA) is 80.8 Å². The predicted molar refractivity (Wildman–Crippen MR) is 97.1 cm³/mol. The third-order valence-corrected chi connectivity index (χ3v) is 5.33. The second-order valence-corrected chi connectivity index (χ2v) is 7.67. The number of imide groups is 1. The summed E-state index contributed by atoms with van der Waals surface area (Å²) in [6, 6.07) is 14.2. The first-order valence-electron chi connectivity index (χ1n) is 8.11. The fraction of sp³-hybridized carbons (Fsp3) is 0.0526. The van der Waals surface area contributed by atoms with Crippen LogP contribution in [0.4, 0.5) is 18.9 Å². The molecule has 0 unspecified atom stereocenters. The molecule has 0 saturated carbocycles. The van der Waals surface area contributed by atoms with Crippen LogP contribution in [0.5, 0.6) is 5.75 Å². The van der Waals surface area contributed by atoms with Gasteiger partial charge in [-0.3, -0.25) is 9.59 Å². The van der Waals surface area contributed by atoms with E-state index in [-0.39, 0.29) is 22.2 Å². The van der Waals surface area contributed by atoms with Crippen LogP contribution in [-0.4, -0.2) is 25.7 Å². The van der Waals surface area contributed by atoms with Crippen LogP contribution in [0.2, 0.25) is 0 Å². The highest BCUT2D eigenvalue weighted by Crippen LogP contribution is 2.36. The number of carbonyl (C=O) groups excluding carboxylic acids is 2. The largest absolute Gasteiger partial charge is 0.534 e. The number of hydrogen-bond donors (Lipinski definition) is 0. The number of fused-ring (bicyclic) bond motifs is 2. The number of halogens is 3. The lowest BCUT2D eigenvalue weighted by Crippen LogP contribution is -2.29. The summed E-state index contributed by atoms with van der Waals surface area (Å²) >= 11 is 0. The number of hydrogen-bond acceptors (Lipinski definition) is 5. The van der Waals surface area contributed by atoms with Gasteiger partial charge in [-0.1, -0.05) is 24.3 Å². The molecule has 1 aliphatic heterocycles. The lowest BCUT2D eigenvalue weighted by molar-refractivity contribution is -0.0500. The molecule has 29 heavy (non-hydrogen) atoms. The van der Waals surface area contributed by atoms with Crippen molar-refractivity contribution in [1.82, 2.24) is 0 Å². The molecule has 0 bridgehead atoms. The molecule has 148 valence electrons. The van der Waals surface area contributed by atoms with Crippen molar-refractivity contribution in [1.29, 1.82) is 0 Å². The second kappa shape index (κ2) is 6.31. The Morgan fingerprint density at radius 3 is 2.03 bits per heavy atom. The molecule has 0 fully saturated rings. The molecule has 3 aromatic rings. The Balaban J connectivity index is 1.77. The van der Waals surface area contributed by atoms with Crippen LogP contribution in [-0.2, 0) is 10.1 Å². The Morgan fingerprint density at radius 1 is 0.828 bits per heavy atom. The summed E-state index contributed by atoms with van der Waals surface area (Å²) in [7, 11) is -5.82. The third kappa shape index (κ3) is 3.01. The monoisotopic (exact) mass is 421 g/mol. The maximum Gasteiger partial charge on any atom is 0.534 e. The molecule has 0 radical (unpaired) electrons. The molecule has 0 atom stereocenters. The van der Waals surface area contributed by atoms with E-state index in [2.05, 4.69) is 4.18 Å². The van der Waals surface area contributed by atoms with Crippen molar-refractivity contribution in [3.8, 4) is 5.75 Å². The third-order valence-electron chi connectivity index (χ3n) is 4.35. The molecule has 1 heterocycles. The average molecular weight is 421 g/mol. The smallest absolute Gasteiger partial charge is 0.376 e. The number of rotatable bonds is 3. The van der Waals surface area contributed by atoms with Crippen LogP contribution < -0.4 is 9.08 Å². The van der Waals surface area contributed by atoms with Gasteiger partial charge in [0.05, 0.1) is 16.8 Å². The maximum atomic E-state index is 12.7. The van der Waals surface area contributed by atoms with Crippen molar-refractivity contribution < 1.29 is 35.4 Å². The van der Waals surface area contributed by atoms with E-state index in [1.165, 1.54) is 36.4 Å². The van der Waals surface area contributed by atoms with Gasteiger partial charge < -0.3 is 4.18 Å². The minimum absolute atomic E-state index is 0.221. The maximum absolute atomic E-state index is 12.7. The summed E-state index contributed by atoms with van der Waals surface area (Å²) in [5, 5.41) is 0.646. The molecule has 6 nitrogen and oxygen atoms in total. The zero-order valence-corrected chi connectivity index (χ0v) is 15.1. The lowest BCUT2D eigenvalue weighted by Gasteiger charge is -2.17. The number of alkyl halides is 3. The van der Waals surface area contributed by atoms with E-state index in [4.69, 9.17) is 0 Å². The molecular formula is C19H10F3NO5S. The summed E-state index contributed by atoms with van der Waals surface area (Å²) in [5.74, 6) is -1.61. The molecular weight excluding hydrogens is 411 g/mol. The van der Waals surface area contributed by atoms with Gasteiger partial charge >= 0.3 is 15.6 Å². The first kappa shape index (κ1) is 18.9. The summed E-state index contributed by atoms with van der Waals surface area (Å²) in [4.78, 5) is 26.4. The van der Waals surface area contributed by atoms with Crippen LogP contribution in [0.1, 0.15) is 20.7 Å². The predicted octanol–water partition coefficient (Wildman–Crippen LogP) is 3.87. The summed E-state index contributed by atoms with van der Waals surface area (Å²) in [5.41, 5.74) is -4.86. The van der Waals surface area contributed by atoms with E-state index in [1.807, 2.05) is 0 Å². The van der Waals surface area contributed by atoms with Gasteiger partial charge in [0.2, 0.25) is 0 Å². The average Bonchev–Trinajstić information content (AvgIpc) is 2.91. The number of carbonyl (C=O) groups is 2. The van der Waals surface area contributed by atoms with Gasteiger partial charge in [0, 0.05) is 5.39 Å². The minimum atomic E-state index is -5.82. The van der Waals surface area contributed by atoms with Gasteiger partial charge in [-0.2, -0.15) is 21.6 Å². The number of nitrogens with zero attached hydrogens (tertiary/aromatic N) is 1. The van der Waals surface area contributed by atoms with E-state index in [0.717, 1.165) is 17.0 Å². The van der Waals surface area contributed by atoms with Gasteiger partial charge in [0.1, 0.15) is 5.75 Å². The Labute approximate surface area is 162 Å². The first-order valence-corrected chi connectivity index (χ1v) is 9.52. The standard InChI is InChI=1S/C19H10F3NO5S/c20-19(21,22)29(26,27)28-12-8-9-13-11(10-12)4-3-7-16(13)23-17(24)14-5-1-2-6-15(14)18(23)25/h1-10H. The normalized spacial score (nSPS) is 14.4. The molecule has 2 amide bonds. The van der Waals surface area contributed by atoms with Crippen molar-refractivity contribution in [2.45, 2.75) is 5.51 Å². The molecule has 0 N–H and O–H groups in total. The van der Waals surface area contributed by atoms with E-state index in [9.17, 15) is 31.2 Å².